The fraction of sp³-hybridized carbons (Fsp3) is 0.267. The Bertz CT molecular complexity index is 899. The van der Waals surface area contributed by atoms with Gasteiger partial charge in [-0.1, -0.05) is 0 Å². The highest BCUT2D eigenvalue weighted by molar-refractivity contribution is 5.85. The molecule has 0 aliphatic rings. The largest absolute Gasteiger partial charge is 0.476 e. The van der Waals surface area contributed by atoms with Crippen molar-refractivity contribution in [3.63, 3.8) is 0 Å². The van der Waals surface area contributed by atoms with Gasteiger partial charge in [0.2, 0.25) is 0 Å². The third-order valence-corrected chi connectivity index (χ3v) is 3.31. The molecule has 124 valence electrons. The van der Waals surface area contributed by atoms with Crippen LogP contribution in [0.1, 0.15) is 27.6 Å². The van der Waals surface area contributed by atoms with Crippen molar-refractivity contribution in [1.82, 2.24) is 29.3 Å². The number of imidazole rings is 1. The van der Waals surface area contributed by atoms with E-state index in [-0.39, 0.29) is 5.69 Å². The zero-order valence-electron chi connectivity index (χ0n) is 13.5. The molecular formula is C15H16N6O3. The van der Waals surface area contributed by atoms with Gasteiger partial charge in [0.1, 0.15) is 12.1 Å². The van der Waals surface area contributed by atoms with Crippen LogP contribution in [0.25, 0.3) is 11.8 Å². The standard InChI is InChI=1S/C15H16N6O3/c1-9-4-10(2)21(19-9)15-17-11(7-24-3)5-13(18-15)20-6-12(14(22)23)16-8-20/h4-6,8H,7H2,1-3H3,(H,22,23). The topological polar surface area (TPSA) is 108 Å². The second-order valence-electron chi connectivity index (χ2n) is 5.26. The second kappa shape index (κ2) is 6.20. The summed E-state index contributed by atoms with van der Waals surface area (Å²) >= 11 is 0. The molecule has 24 heavy (non-hydrogen) atoms. The molecule has 0 aliphatic carbocycles. The predicted octanol–water partition coefficient (Wildman–Crippen LogP) is 1.31. The lowest BCUT2D eigenvalue weighted by molar-refractivity contribution is 0.0691. The molecule has 0 amide bonds. The number of hydrogen-bond acceptors (Lipinski definition) is 6. The van der Waals surface area contributed by atoms with E-state index in [0.29, 0.717) is 24.1 Å². The van der Waals surface area contributed by atoms with E-state index in [9.17, 15) is 4.79 Å². The van der Waals surface area contributed by atoms with Crippen LogP contribution in [-0.4, -0.2) is 47.5 Å². The van der Waals surface area contributed by atoms with Crippen molar-refractivity contribution in [3.8, 4) is 11.8 Å². The summed E-state index contributed by atoms with van der Waals surface area (Å²) in [6.07, 6.45) is 2.79. The Hall–Kier alpha value is -3.07. The summed E-state index contributed by atoms with van der Waals surface area (Å²) in [4.78, 5) is 23.8. The maximum absolute atomic E-state index is 11.0. The molecule has 0 saturated heterocycles. The molecule has 9 nitrogen and oxygen atoms in total. The number of nitrogens with zero attached hydrogens (tertiary/aromatic N) is 6. The van der Waals surface area contributed by atoms with Crippen LogP contribution >= 0.6 is 0 Å². The highest BCUT2D eigenvalue weighted by atomic mass is 16.5. The number of aromatic carboxylic acids is 1. The Labute approximate surface area is 137 Å². The molecule has 3 rings (SSSR count). The first-order valence-electron chi connectivity index (χ1n) is 7.16. The number of carboxylic acids is 1. The number of ether oxygens (including phenoxy) is 1. The molecule has 1 N–H and O–H groups in total. The molecule has 0 radical (unpaired) electrons. The average Bonchev–Trinajstić information content (AvgIpc) is 3.14. The van der Waals surface area contributed by atoms with Gasteiger partial charge in [0, 0.05) is 25.1 Å². The SMILES string of the molecule is COCc1cc(-n2cnc(C(=O)O)c2)nc(-n2nc(C)cc2C)n1. The first-order valence-corrected chi connectivity index (χ1v) is 7.16. The van der Waals surface area contributed by atoms with Crippen LogP contribution in [0.2, 0.25) is 0 Å². The van der Waals surface area contributed by atoms with Crippen LogP contribution in [0.15, 0.2) is 24.7 Å². The Morgan fingerprint density at radius 1 is 1.29 bits per heavy atom. The molecule has 0 unspecified atom stereocenters. The highest BCUT2D eigenvalue weighted by Gasteiger charge is 2.13. The molecular weight excluding hydrogens is 312 g/mol. The van der Waals surface area contributed by atoms with Crippen molar-refractivity contribution in [1.29, 1.82) is 0 Å². The summed E-state index contributed by atoms with van der Waals surface area (Å²) in [6.45, 7) is 4.09. The molecule has 0 fully saturated rings. The number of aromatic nitrogens is 6. The summed E-state index contributed by atoms with van der Waals surface area (Å²) in [6, 6.07) is 3.64. The zero-order chi connectivity index (χ0) is 17.3. The van der Waals surface area contributed by atoms with Crippen molar-refractivity contribution >= 4 is 5.97 Å². The average molecular weight is 328 g/mol. The molecule has 0 aromatic carbocycles. The fourth-order valence-corrected chi connectivity index (χ4v) is 2.31. The third-order valence-electron chi connectivity index (χ3n) is 3.31. The summed E-state index contributed by atoms with van der Waals surface area (Å²) in [5, 5.41) is 13.4. The third kappa shape index (κ3) is 3.01. The van der Waals surface area contributed by atoms with Crippen molar-refractivity contribution in [2.75, 3.05) is 7.11 Å². The summed E-state index contributed by atoms with van der Waals surface area (Å²) in [5.41, 5.74) is 2.33. The van der Waals surface area contributed by atoms with Crippen LogP contribution in [0.5, 0.6) is 0 Å². The van der Waals surface area contributed by atoms with Gasteiger partial charge in [-0.05, 0) is 19.9 Å². The molecule has 3 aromatic heterocycles. The molecule has 0 bridgehead atoms. The van der Waals surface area contributed by atoms with E-state index >= 15 is 0 Å². The molecule has 9 heteroatoms. The van der Waals surface area contributed by atoms with Gasteiger partial charge in [-0.15, -0.1) is 0 Å². The second-order valence-corrected chi connectivity index (χ2v) is 5.26. The van der Waals surface area contributed by atoms with Gasteiger partial charge in [0.25, 0.3) is 5.95 Å². The van der Waals surface area contributed by atoms with Crippen LogP contribution in [0.4, 0.5) is 0 Å². The fourth-order valence-electron chi connectivity index (χ4n) is 2.31. The van der Waals surface area contributed by atoms with Crippen molar-refractivity contribution in [2.24, 2.45) is 0 Å². The van der Waals surface area contributed by atoms with Crippen LogP contribution < -0.4 is 0 Å². The number of aryl methyl sites for hydroxylation is 2. The lowest BCUT2D eigenvalue weighted by atomic mass is 10.4. The Balaban J connectivity index is 2.11. The van der Waals surface area contributed by atoms with Gasteiger partial charge in [-0.25, -0.2) is 19.4 Å². The van der Waals surface area contributed by atoms with E-state index < -0.39 is 5.97 Å². The first kappa shape index (κ1) is 15.8. The van der Waals surface area contributed by atoms with Crippen molar-refractivity contribution in [2.45, 2.75) is 20.5 Å². The highest BCUT2D eigenvalue weighted by Crippen LogP contribution is 2.14. The number of hydrogen-bond donors (Lipinski definition) is 1. The number of carbonyl (C=O) groups is 1. The minimum Gasteiger partial charge on any atom is -0.476 e. The van der Waals surface area contributed by atoms with Crippen LogP contribution in [-0.2, 0) is 11.3 Å². The summed E-state index contributed by atoms with van der Waals surface area (Å²) < 4.78 is 8.31. The summed E-state index contributed by atoms with van der Waals surface area (Å²) in [5.74, 6) is -0.228. The van der Waals surface area contributed by atoms with E-state index in [1.165, 1.54) is 17.1 Å². The Kier molecular flexibility index (Phi) is 4.09. The monoisotopic (exact) mass is 328 g/mol. The van der Waals surface area contributed by atoms with Gasteiger partial charge in [-0.2, -0.15) is 10.1 Å². The first-order chi connectivity index (χ1) is 11.5. The quantitative estimate of drug-likeness (QED) is 0.752. The number of methoxy groups -OCH3 is 1. The van der Waals surface area contributed by atoms with Crippen molar-refractivity contribution in [3.05, 3.63) is 47.4 Å². The maximum atomic E-state index is 11.0. The van der Waals surface area contributed by atoms with E-state index in [1.807, 2.05) is 19.9 Å². The summed E-state index contributed by atoms with van der Waals surface area (Å²) in [7, 11) is 1.57. The lowest BCUT2D eigenvalue weighted by Crippen LogP contribution is -2.10. The van der Waals surface area contributed by atoms with Gasteiger partial charge in [-0.3, -0.25) is 4.57 Å². The Morgan fingerprint density at radius 2 is 2.08 bits per heavy atom. The molecule has 3 heterocycles. The normalized spacial score (nSPS) is 11.0. The molecule has 3 aromatic rings. The van der Waals surface area contributed by atoms with Crippen molar-refractivity contribution < 1.29 is 14.6 Å². The Morgan fingerprint density at radius 3 is 2.67 bits per heavy atom. The van der Waals surface area contributed by atoms with Crippen LogP contribution in [0.3, 0.4) is 0 Å². The van der Waals surface area contributed by atoms with Gasteiger partial charge in [0.15, 0.2) is 5.69 Å². The van der Waals surface area contributed by atoms with Gasteiger partial charge < -0.3 is 9.84 Å². The van der Waals surface area contributed by atoms with E-state index in [1.54, 1.807) is 17.9 Å². The predicted molar refractivity (Wildman–Crippen MR) is 83.4 cm³/mol. The molecule has 0 aliphatic heterocycles. The minimum atomic E-state index is -1.10. The minimum absolute atomic E-state index is 0.0606. The van der Waals surface area contributed by atoms with E-state index in [2.05, 4.69) is 20.1 Å². The molecule has 0 atom stereocenters. The number of carboxylic acid groups (broad SMARTS) is 1. The van der Waals surface area contributed by atoms with E-state index in [0.717, 1.165) is 11.4 Å². The van der Waals surface area contributed by atoms with Crippen LogP contribution in [0, 0.1) is 13.8 Å². The van der Waals surface area contributed by atoms with E-state index in [4.69, 9.17) is 9.84 Å². The van der Waals surface area contributed by atoms with Gasteiger partial charge >= 0.3 is 5.97 Å². The van der Waals surface area contributed by atoms with Gasteiger partial charge in [0.05, 0.1) is 18.0 Å². The zero-order valence-corrected chi connectivity index (χ0v) is 13.5. The molecule has 0 spiro atoms. The molecule has 0 saturated carbocycles. The lowest BCUT2D eigenvalue weighted by Gasteiger charge is -2.09. The number of rotatable bonds is 5. The maximum Gasteiger partial charge on any atom is 0.356 e. The smallest absolute Gasteiger partial charge is 0.356 e.